The predicted molar refractivity (Wildman–Crippen MR) is 463 cm³/mol. The minimum Gasteiger partial charge on any atom is -0.469 e. The van der Waals surface area contributed by atoms with E-state index in [0.29, 0.717) is 57.0 Å². The standard InChI is InChI=1S/2C16H22O6.C14H20O4.C14H22O4.C13H18O5.C8H12O2.C7H14O2.C2H6.6CH4/c1-5-16(2,3)15(19)22-12-7-6-8-10(9(7)13(17)20-4)14(18)21-11(8)12;1-4-16(2,3)15(19)20-7-11(17)21-12-8-5-9-10(6-8)14(18)22-13(9)12;1-4-14(2,3)13(16)18-11-8-5-7-6-9(8)12(15)17-10(7)11;1-5-13(2,3)12(16)17-10-8-9-6-7-14(10,4)18-11(9)15;1-4-13(2,3)12(15)18-9-7-5-6-8(16-7)10(9)17-11(6)14;9-8-7-4-2-1-3-6(7)5-10-8;1-5-7(2,3)6(8)9-4;1-2;;;;;;/h7-12H,5-6H2,1-4H3;8-10,12-13H,4-7H2,1-3H3;7-11H,4-6H2,1-3H3;9-10H,5-8H2,1-4H3;6-10H,4-5H2,1-3H3;6-7H,1-5H2;5H2,1-4H3;1-2H3;6*1H4. The Morgan fingerprint density at radius 3 is 1.34 bits per heavy atom. The number of ether oxygens (including phenoxy) is 15. The Bertz CT molecular complexity index is 3670. The molecule has 0 radical (unpaired) electrons. The quantitative estimate of drug-likeness (QED) is 0.0807. The van der Waals surface area contributed by atoms with E-state index in [1.807, 2.05) is 132 Å². The summed E-state index contributed by atoms with van der Waals surface area (Å²) in [5.41, 5.74) is -3.57. The molecule has 26 unspecified atom stereocenters. The molecule has 125 heavy (non-hydrogen) atoms. The molecule has 8 aliphatic carbocycles. The number of hydrogen-bond donors (Lipinski definition) is 0. The van der Waals surface area contributed by atoms with Crippen LogP contribution in [0.1, 0.15) is 312 Å². The first kappa shape index (κ1) is 112. The minimum atomic E-state index is -0.620. The number of carbonyl (C=O) groups excluding carboxylic acids is 14. The summed E-state index contributed by atoms with van der Waals surface area (Å²) in [6.45, 7) is 40.1. The molecule has 718 valence electrons. The fourth-order valence-corrected chi connectivity index (χ4v) is 19.0. The van der Waals surface area contributed by atoms with Gasteiger partial charge in [0.25, 0.3) is 0 Å². The Kier molecular flexibility index (Phi) is 39.5. The highest BCUT2D eigenvalue weighted by Crippen LogP contribution is 2.61. The molecular formula is C96H160O29. The third-order valence-corrected chi connectivity index (χ3v) is 29.5. The van der Waals surface area contributed by atoms with E-state index in [4.69, 9.17) is 66.3 Å². The molecule has 10 aliphatic heterocycles. The average Bonchev–Trinajstić information content (AvgIpc) is 1.55. The first-order valence-corrected chi connectivity index (χ1v) is 44.0. The van der Waals surface area contributed by atoms with Crippen molar-refractivity contribution in [1.29, 1.82) is 0 Å². The molecule has 29 heteroatoms. The molecule has 18 aliphatic rings. The number of rotatable bonds is 20. The van der Waals surface area contributed by atoms with Gasteiger partial charge < -0.3 is 71.1 Å². The summed E-state index contributed by atoms with van der Waals surface area (Å²) >= 11 is 0. The van der Waals surface area contributed by atoms with Crippen LogP contribution < -0.4 is 0 Å². The molecule has 0 aromatic carbocycles. The van der Waals surface area contributed by atoms with E-state index in [-0.39, 0.29) is 224 Å². The molecule has 18 rings (SSSR count). The maximum Gasteiger partial charge on any atom is 0.344 e. The smallest absolute Gasteiger partial charge is 0.344 e. The second kappa shape index (κ2) is 44.2. The summed E-state index contributed by atoms with van der Waals surface area (Å²) in [6.07, 6.45) is 12.7. The molecule has 0 aromatic rings. The maximum atomic E-state index is 12.4. The summed E-state index contributed by atoms with van der Waals surface area (Å²) in [7, 11) is 2.73. The van der Waals surface area contributed by atoms with Gasteiger partial charge in [0, 0.05) is 47.8 Å². The van der Waals surface area contributed by atoms with Crippen molar-refractivity contribution < 1.29 is 138 Å². The van der Waals surface area contributed by atoms with Gasteiger partial charge in [0.05, 0.1) is 101 Å². The van der Waals surface area contributed by atoms with Crippen LogP contribution in [-0.2, 0) is 138 Å². The van der Waals surface area contributed by atoms with Gasteiger partial charge in [-0.1, -0.05) is 113 Å². The average molecular weight is 1780 g/mol. The number of carbonyl (C=O) groups is 14. The topological polar surface area (TPSA) is 377 Å². The molecule has 0 aromatic heterocycles. The molecule has 10 saturated heterocycles. The zero-order valence-corrected chi connectivity index (χ0v) is 74.6. The highest BCUT2D eigenvalue weighted by Gasteiger charge is 2.71. The molecule has 0 N–H and O–H groups in total. The van der Waals surface area contributed by atoms with Gasteiger partial charge in [-0.2, -0.15) is 0 Å². The van der Waals surface area contributed by atoms with E-state index in [0.717, 1.165) is 64.2 Å². The van der Waals surface area contributed by atoms with Crippen LogP contribution in [0.3, 0.4) is 0 Å². The zero-order chi connectivity index (χ0) is 88.5. The van der Waals surface area contributed by atoms with Crippen LogP contribution in [0.4, 0.5) is 0 Å². The number of hydrogen-bond acceptors (Lipinski definition) is 29. The Morgan fingerprint density at radius 2 is 0.840 bits per heavy atom. The van der Waals surface area contributed by atoms with Gasteiger partial charge in [-0.3, -0.25) is 62.3 Å². The summed E-state index contributed by atoms with van der Waals surface area (Å²) in [5, 5.41) is 0. The molecule has 10 heterocycles. The van der Waals surface area contributed by atoms with Crippen molar-refractivity contribution in [2.75, 3.05) is 27.4 Å². The Labute approximate surface area is 745 Å². The van der Waals surface area contributed by atoms with Crippen LogP contribution in [0.2, 0.25) is 0 Å². The van der Waals surface area contributed by atoms with Gasteiger partial charge in [-0.25, -0.2) is 4.79 Å². The summed E-state index contributed by atoms with van der Waals surface area (Å²) in [5.74, 6) is -2.95. The number of methoxy groups -OCH3 is 2. The molecule has 0 amide bonds. The molecule has 29 nitrogen and oxygen atoms in total. The third kappa shape index (κ3) is 23.2. The fourth-order valence-electron chi connectivity index (χ4n) is 19.0. The minimum absolute atomic E-state index is 0. The van der Waals surface area contributed by atoms with E-state index in [1.54, 1.807) is 13.8 Å². The maximum absolute atomic E-state index is 12.4. The van der Waals surface area contributed by atoms with Gasteiger partial charge >= 0.3 is 83.6 Å². The third-order valence-electron chi connectivity index (χ3n) is 29.5. The van der Waals surface area contributed by atoms with Crippen LogP contribution >= 0.6 is 0 Å². The van der Waals surface area contributed by atoms with E-state index < -0.39 is 86.8 Å². The van der Waals surface area contributed by atoms with E-state index in [9.17, 15) is 67.1 Å². The number of cyclic esters (lactones) is 1. The summed E-state index contributed by atoms with van der Waals surface area (Å²) in [4.78, 5) is 165. The van der Waals surface area contributed by atoms with Crippen molar-refractivity contribution in [3.05, 3.63) is 0 Å². The lowest BCUT2D eigenvalue weighted by Crippen LogP contribution is -2.57. The molecule has 0 spiro atoms. The van der Waals surface area contributed by atoms with Crippen molar-refractivity contribution >= 4 is 83.6 Å². The van der Waals surface area contributed by atoms with Gasteiger partial charge in [0.2, 0.25) is 0 Å². The highest BCUT2D eigenvalue weighted by molar-refractivity contribution is 5.87. The Morgan fingerprint density at radius 1 is 0.392 bits per heavy atom. The molecule has 26 atom stereocenters. The van der Waals surface area contributed by atoms with Crippen molar-refractivity contribution in [3.8, 4) is 0 Å². The van der Waals surface area contributed by atoms with E-state index >= 15 is 0 Å². The van der Waals surface area contributed by atoms with Crippen molar-refractivity contribution in [2.24, 2.45) is 115 Å². The lowest BCUT2D eigenvalue weighted by atomic mass is 9.74. The monoisotopic (exact) mass is 1780 g/mol. The number of fused-ring (bicyclic) bond motifs is 8. The highest BCUT2D eigenvalue weighted by atomic mass is 16.7. The van der Waals surface area contributed by atoms with Crippen LogP contribution in [-0.4, -0.2) is 184 Å². The van der Waals surface area contributed by atoms with E-state index in [1.165, 1.54) is 33.5 Å². The van der Waals surface area contributed by atoms with Crippen molar-refractivity contribution in [3.63, 3.8) is 0 Å². The summed E-state index contributed by atoms with van der Waals surface area (Å²) in [6, 6.07) is 0. The van der Waals surface area contributed by atoms with Crippen LogP contribution in [0.5, 0.6) is 0 Å². The second-order valence-corrected chi connectivity index (χ2v) is 39.2. The SMILES string of the molecule is C.C.C.C.C.C.CC.CCC(C)(C)C(=O)OC.CCC(C)(C)C(=O)OC1C2CC3C(=O)OC1C3O2.CCC(C)(C)C(=O)OC1C2CC3C1OC(=O)C3C2C(=O)OC.CCC(C)(C)C(=O)OC1C2CC3CC2C(=O)OC31.CCC(C)(C)C(=O)OC1CC2CCC1(C)OC2=O.CCC(C)(C)C(=O)OCC(=O)OC1C2CC3C(=O)OC1C3C2.O=C1OCC2CCCCC12. The van der Waals surface area contributed by atoms with Crippen molar-refractivity contribution in [2.45, 2.75) is 385 Å². The van der Waals surface area contributed by atoms with Gasteiger partial charge in [0.1, 0.15) is 54.4 Å². The molecule has 8 saturated carbocycles. The van der Waals surface area contributed by atoms with E-state index in [2.05, 4.69) is 4.74 Å². The van der Waals surface area contributed by atoms with Gasteiger partial charge in [0.15, 0.2) is 18.8 Å². The molecular weight excluding hydrogens is 1620 g/mol. The zero-order valence-electron chi connectivity index (χ0n) is 74.6. The lowest BCUT2D eigenvalue weighted by Gasteiger charge is -2.48. The second-order valence-electron chi connectivity index (χ2n) is 39.2. The first-order valence-electron chi connectivity index (χ1n) is 44.0. The van der Waals surface area contributed by atoms with Crippen LogP contribution in [0, 0.1) is 115 Å². The lowest BCUT2D eigenvalue weighted by molar-refractivity contribution is -0.221. The van der Waals surface area contributed by atoms with Crippen LogP contribution in [0.15, 0.2) is 0 Å². The first-order chi connectivity index (χ1) is 55.7. The van der Waals surface area contributed by atoms with Crippen LogP contribution in [0.25, 0.3) is 0 Å². The van der Waals surface area contributed by atoms with Gasteiger partial charge in [-0.05, 0) is 193 Å². The normalized spacial score (nSPS) is 33.9. The molecule has 18 fully saturated rings. The summed E-state index contributed by atoms with van der Waals surface area (Å²) < 4.78 is 79.8. The predicted octanol–water partition coefficient (Wildman–Crippen LogP) is 16.0. The Balaban J connectivity index is 0.000000378. The fraction of sp³-hybridized carbons (Fsp3) is 0.854. The molecule has 12 bridgehead atoms. The largest absolute Gasteiger partial charge is 0.469 e. The van der Waals surface area contributed by atoms with Crippen molar-refractivity contribution in [1.82, 2.24) is 0 Å². The Hall–Kier alpha value is -7.46. The van der Waals surface area contributed by atoms with Gasteiger partial charge in [-0.15, -0.1) is 0 Å². The number of esters is 14.